The Labute approximate surface area is 73.6 Å². The van der Waals surface area contributed by atoms with Crippen molar-refractivity contribution in [3.8, 4) is 0 Å². The van der Waals surface area contributed by atoms with E-state index in [-0.39, 0.29) is 0 Å². The molecule has 0 bridgehead atoms. The van der Waals surface area contributed by atoms with Crippen molar-refractivity contribution in [2.75, 3.05) is 0 Å². The Morgan fingerprint density at radius 3 is 2.90 bits per heavy atom. The molecule has 0 aliphatic carbocycles. The largest absolute Gasteiger partial charge is 0.243 e. The lowest BCUT2D eigenvalue weighted by Crippen LogP contribution is -1.84. The predicted molar refractivity (Wildman–Crippen MR) is 46.3 cm³/mol. The summed E-state index contributed by atoms with van der Waals surface area (Å²) < 4.78 is 0.980. The zero-order valence-electron chi connectivity index (χ0n) is 5.56. The third kappa shape index (κ3) is 1.70. The minimum Gasteiger partial charge on any atom is -0.243 e. The van der Waals surface area contributed by atoms with Crippen LogP contribution in [0, 0.1) is 0 Å². The van der Waals surface area contributed by atoms with Gasteiger partial charge in [0.1, 0.15) is 5.15 Å². The Morgan fingerprint density at radius 2 is 2.40 bits per heavy atom. The van der Waals surface area contributed by atoms with E-state index in [2.05, 4.69) is 27.8 Å². The molecular formula is C7H7BrClN. The zero-order chi connectivity index (χ0) is 7.56. The predicted octanol–water partition coefficient (Wildman–Crippen LogP) is 3.06. The first-order valence-corrected chi connectivity index (χ1v) is 4.21. The first-order valence-electron chi connectivity index (χ1n) is 3.04. The van der Waals surface area contributed by atoms with E-state index in [1.807, 2.05) is 6.07 Å². The molecule has 1 heterocycles. The monoisotopic (exact) mass is 219 g/mol. The summed E-state index contributed by atoms with van der Waals surface area (Å²) in [5.74, 6) is 0. The molecule has 0 unspecified atom stereocenters. The van der Waals surface area contributed by atoms with E-state index in [4.69, 9.17) is 11.6 Å². The molecule has 0 N–H and O–H groups in total. The van der Waals surface area contributed by atoms with Crippen molar-refractivity contribution in [3.63, 3.8) is 0 Å². The summed E-state index contributed by atoms with van der Waals surface area (Å²) in [6, 6.07) is 1.98. The van der Waals surface area contributed by atoms with E-state index < -0.39 is 0 Å². The number of aryl methyl sites for hydroxylation is 1. The minimum absolute atomic E-state index is 0.603. The van der Waals surface area contributed by atoms with Gasteiger partial charge in [0.15, 0.2) is 0 Å². The SMILES string of the molecule is CCc1cc(Br)cnc1Cl. The fourth-order valence-corrected chi connectivity index (χ4v) is 1.33. The van der Waals surface area contributed by atoms with Crippen LogP contribution < -0.4 is 0 Å². The summed E-state index contributed by atoms with van der Waals surface area (Å²) in [6.45, 7) is 2.05. The first-order chi connectivity index (χ1) is 4.74. The maximum Gasteiger partial charge on any atom is 0.132 e. The smallest absolute Gasteiger partial charge is 0.132 e. The fraction of sp³-hybridized carbons (Fsp3) is 0.286. The van der Waals surface area contributed by atoms with Crippen LogP contribution in [0.2, 0.25) is 5.15 Å². The minimum atomic E-state index is 0.603. The van der Waals surface area contributed by atoms with E-state index in [0.29, 0.717) is 5.15 Å². The van der Waals surface area contributed by atoms with Gasteiger partial charge in [-0.15, -0.1) is 0 Å². The molecule has 0 amide bonds. The number of nitrogens with zero attached hydrogens (tertiary/aromatic N) is 1. The van der Waals surface area contributed by atoms with Crippen molar-refractivity contribution >= 4 is 27.5 Å². The van der Waals surface area contributed by atoms with Crippen molar-refractivity contribution in [1.82, 2.24) is 4.98 Å². The molecule has 1 aromatic rings. The second-order valence-corrected chi connectivity index (χ2v) is 3.23. The van der Waals surface area contributed by atoms with Crippen LogP contribution in [-0.2, 0) is 6.42 Å². The average Bonchev–Trinajstić information content (AvgIpc) is 1.94. The van der Waals surface area contributed by atoms with Gasteiger partial charge in [0, 0.05) is 10.7 Å². The maximum atomic E-state index is 5.76. The van der Waals surface area contributed by atoms with Gasteiger partial charge in [-0.1, -0.05) is 18.5 Å². The molecule has 0 aliphatic heterocycles. The number of rotatable bonds is 1. The Hall–Kier alpha value is -0.0800. The van der Waals surface area contributed by atoms with E-state index in [0.717, 1.165) is 16.5 Å². The number of halogens is 2. The molecule has 1 rings (SSSR count). The zero-order valence-corrected chi connectivity index (χ0v) is 7.91. The van der Waals surface area contributed by atoms with Crippen LogP contribution in [0.1, 0.15) is 12.5 Å². The summed E-state index contributed by atoms with van der Waals surface area (Å²) in [5, 5.41) is 0.603. The quantitative estimate of drug-likeness (QED) is 0.663. The van der Waals surface area contributed by atoms with Gasteiger partial charge in [0.2, 0.25) is 0 Å². The standard InChI is InChI=1S/C7H7BrClN/c1-2-5-3-6(8)4-10-7(5)9/h3-4H,2H2,1H3. The van der Waals surface area contributed by atoms with Gasteiger partial charge >= 0.3 is 0 Å². The lowest BCUT2D eigenvalue weighted by atomic mass is 10.2. The molecule has 0 fully saturated rings. The maximum absolute atomic E-state index is 5.76. The van der Waals surface area contributed by atoms with E-state index in [1.165, 1.54) is 0 Å². The summed E-state index contributed by atoms with van der Waals surface area (Å²) in [6.07, 6.45) is 2.62. The average molecular weight is 220 g/mol. The van der Waals surface area contributed by atoms with Gasteiger partial charge in [-0.3, -0.25) is 0 Å². The molecule has 3 heteroatoms. The molecule has 0 radical (unpaired) electrons. The van der Waals surface area contributed by atoms with Gasteiger partial charge in [-0.2, -0.15) is 0 Å². The topological polar surface area (TPSA) is 12.9 Å². The fourth-order valence-electron chi connectivity index (χ4n) is 0.712. The van der Waals surface area contributed by atoms with Gasteiger partial charge < -0.3 is 0 Å². The number of hydrogen-bond acceptors (Lipinski definition) is 1. The van der Waals surface area contributed by atoms with Gasteiger partial charge in [0.25, 0.3) is 0 Å². The molecule has 0 atom stereocenters. The highest BCUT2D eigenvalue weighted by Gasteiger charge is 1.98. The normalized spacial score (nSPS) is 9.90. The lowest BCUT2D eigenvalue weighted by molar-refractivity contribution is 1.10. The molecule has 10 heavy (non-hydrogen) atoms. The second kappa shape index (κ2) is 3.35. The van der Waals surface area contributed by atoms with Crippen molar-refractivity contribution < 1.29 is 0 Å². The molecule has 54 valence electrons. The van der Waals surface area contributed by atoms with Crippen LogP contribution in [0.25, 0.3) is 0 Å². The van der Waals surface area contributed by atoms with Crippen molar-refractivity contribution in [3.05, 3.63) is 27.5 Å². The summed E-state index contributed by atoms with van der Waals surface area (Å²) in [7, 11) is 0. The van der Waals surface area contributed by atoms with Crippen LogP contribution in [-0.4, -0.2) is 4.98 Å². The van der Waals surface area contributed by atoms with Crippen LogP contribution in [0.4, 0.5) is 0 Å². The Balaban J connectivity index is 3.09. The molecule has 0 aliphatic rings. The van der Waals surface area contributed by atoms with Crippen LogP contribution >= 0.6 is 27.5 Å². The van der Waals surface area contributed by atoms with Crippen LogP contribution in [0.15, 0.2) is 16.7 Å². The van der Waals surface area contributed by atoms with Gasteiger partial charge in [0.05, 0.1) is 0 Å². The van der Waals surface area contributed by atoms with E-state index in [9.17, 15) is 0 Å². The van der Waals surface area contributed by atoms with E-state index >= 15 is 0 Å². The molecule has 0 aromatic carbocycles. The number of aromatic nitrogens is 1. The molecule has 0 saturated carbocycles. The molecule has 1 aromatic heterocycles. The summed E-state index contributed by atoms with van der Waals surface area (Å²) in [5.41, 5.74) is 1.08. The molecule has 0 spiro atoms. The van der Waals surface area contributed by atoms with Crippen molar-refractivity contribution in [2.45, 2.75) is 13.3 Å². The van der Waals surface area contributed by atoms with Gasteiger partial charge in [-0.25, -0.2) is 4.98 Å². The van der Waals surface area contributed by atoms with E-state index in [1.54, 1.807) is 6.20 Å². The second-order valence-electron chi connectivity index (χ2n) is 1.96. The van der Waals surface area contributed by atoms with Crippen molar-refractivity contribution in [1.29, 1.82) is 0 Å². The molecule has 0 saturated heterocycles. The first kappa shape index (κ1) is 8.02. The Kier molecular flexibility index (Phi) is 2.69. The highest BCUT2D eigenvalue weighted by Crippen LogP contribution is 2.17. The lowest BCUT2D eigenvalue weighted by Gasteiger charge is -1.98. The van der Waals surface area contributed by atoms with Crippen LogP contribution in [0.3, 0.4) is 0 Å². The molecule has 1 nitrogen and oxygen atoms in total. The Bertz CT molecular complexity index is 237. The number of hydrogen-bond donors (Lipinski definition) is 0. The third-order valence-corrected chi connectivity index (χ3v) is 2.03. The number of pyridine rings is 1. The highest BCUT2D eigenvalue weighted by molar-refractivity contribution is 9.10. The highest BCUT2D eigenvalue weighted by atomic mass is 79.9. The van der Waals surface area contributed by atoms with Gasteiger partial charge in [-0.05, 0) is 34.0 Å². The van der Waals surface area contributed by atoms with Crippen LogP contribution in [0.5, 0.6) is 0 Å². The molecular weight excluding hydrogens is 213 g/mol. The Morgan fingerprint density at radius 1 is 1.70 bits per heavy atom. The van der Waals surface area contributed by atoms with Crippen molar-refractivity contribution in [2.24, 2.45) is 0 Å². The third-order valence-electron chi connectivity index (χ3n) is 1.26. The summed E-state index contributed by atoms with van der Waals surface area (Å²) in [4.78, 5) is 3.97. The summed E-state index contributed by atoms with van der Waals surface area (Å²) >= 11 is 9.08.